The molecule has 0 unspecified atom stereocenters. The van der Waals surface area contributed by atoms with Gasteiger partial charge in [0.1, 0.15) is 0 Å². The minimum absolute atomic E-state index is 0.820. The Labute approximate surface area is 104 Å². The summed E-state index contributed by atoms with van der Waals surface area (Å²) in [5.41, 5.74) is 7.92. The van der Waals surface area contributed by atoms with Crippen LogP contribution in [0.3, 0.4) is 0 Å². The van der Waals surface area contributed by atoms with Gasteiger partial charge in [0.15, 0.2) is 0 Å². The Balaban J connectivity index is 2.35. The lowest BCUT2D eigenvalue weighted by atomic mass is 10.2. The van der Waals surface area contributed by atoms with Gasteiger partial charge in [0.05, 0.1) is 0 Å². The summed E-state index contributed by atoms with van der Waals surface area (Å²) in [5.74, 6) is 2.19. The molecular formula is C11H17BrN2S. The van der Waals surface area contributed by atoms with Crippen molar-refractivity contribution in [3.05, 3.63) is 28.2 Å². The van der Waals surface area contributed by atoms with E-state index in [1.807, 2.05) is 23.9 Å². The van der Waals surface area contributed by atoms with Crippen LogP contribution in [-0.4, -0.2) is 31.3 Å². The number of nitrogen functional groups attached to an aromatic ring is 1. The topological polar surface area (TPSA) is 29.3 Å². The van der Waals surface area contributed by atoms with E-state index < -0.39 is 0 Å². The highest BCUT2D eigenvalue weighted by Crippen LogP contribution is 2.22. The summed E-state index contributed by atoms with van der Waals surface area (Å²) in [7, 11) is 4.19. The van der Waals surface area contributed by atoms with E-state index in [0.29, 0.717) is 0 Å². The molecule has 4 heteroatoms. The molecule has 2 nitrogen and oxygen atoms in total. The highest BCUT2D eigenvalue weighted by atomic mass is 79.9. The van der Waals surface area contributed by atoms with Gasteiger partial charge >= 0.3 is 0 Å². The van der Waals surface area contributed by atoms with Crippen LogP contribution >= 0.6 is 27.7 Å². The van der Waals surface area contributed by atoms with E-state index in [0.717, 1.165) is 28.2 Å². The number of nitrogens with zero attached hydrogens (tertiary/aromatic N) is 1. The van der Waals surface area contributed by atoms with Gasteiger partial charge in [0.2, 0.25) is 0 Å². The molecular weight excluding hydrogens is 272 g/mol. The number of anilines is 1. The van der Waals surface area contributed by atoms with E-state index in [2.05, 4.69) is 41.0 Å². The summed E-state index contributed by atoms with van der Waals surface area (Å²) >= 11 is 5.33. The van der Waals surface area contributed by atoms with Crippen LogP contribution < -0.4 is 5.73 Å². The smallest absolute Gasteiger partial charge is 0.0461 e. The van der Waals surface area contributed by atoms with Crippen LogP contribution in [0.15, 0.2) is 22.7 Å². The Morgan fingerprint density at radius 1 is 1.40 bits per heavy atom. The van der Waals surface area contributed by atoms with Crippen LogP contribution in [-0.2, 0) is 5.75 Å². The first-order chi connectivity index (χ1) is 7.09. The minimum atomic E-state index is 0.820. The fourth-order valence-electron chi connectivity index (χ4n) is 1.12. The highest BCUT2D eigenvalue weighted by molar-refractivity contribution is 9.10. The van der Waals surface area contributed by atoms with Gasteiger partial charge in [-0.1, -0.05) is 6.07 Å². The number of rotatable bonds is 5. The van der Waals surface area contributed by atoms with Crippen LogP contribution in [0.2, 0.25) is 0 Å². The Morgan fingerprint density at radius 2 is 2.13 bits per heavy atom. The van der Waals surface area contributed by atoms with E-state index in [1.54, 1.807) is 0 Å². The highest BCUT2D eigenvalue weighted by Gasteiger charge is 1.98. The summed E-state index contributed by atoms with van der Waals surface area (Å²) in [6, 6.07) is 6.16. The molecule has 0 aliphatic rings. The summed E-state index contributed by atoms with van der Waals surface area (Å²) < 4.78 is 0.976. The van der Waals surface area contributed by atoms with Crippen molar-refractivity contribution in [2.24, 2.45) is 0 Å². The zero-order chi connectivity index (χ0) is 11.3. The maximum Gasteiger partial charge on any atom is 0.0461 e. The lowest BCUT2D eigenvalue weighted by molar-refractivity contribution is 0.437. The first-order valence-electron chi connectivity index (χ1n) is 4.86. The molecule has 84 valence electrons. The quantitative estimate of drug-likeness (QED) is 0.667. The number of benzene rings is 1. The molecule has 1 rings (SSSR count). The molecule has 0 saturated carbocycles. The third kappa shape index (κ3) is 4.91. The monoisotopic (exact) mass is 288 g/mol. The second-order valence-corrected chi connectivity index (χ2v) is 5.67. The average molecular weight is 289 g/mol. The molecule has 0 bridgehead atoms. The standard InChI is InChI=1S/C11H17BrN2S/c1-14(2)5-6-15-8-9-3-4-10(12)11(13)7-9/h3-4,7H,5-6,8,13H2,1-2H3. The zero-order valence-corrected chi connectivity index (χ0v) is 11.6. The van der Waals surface area contributed by atoms with Gasteiger partial charge in [-0.05, 0) is 47.7 Å². The fraction of sp³-hybridized carbons (Fsp3) is 0.455. The SMILES string of the molecule is CN(C)CCSCc1ccc(Br)c(N)c1. The zero-order valence-electron chi connectivity index (χ0n) is 9.16. The molecule has 1 aromatic rings. The van der Waals surface area contributed by atoms with E-state index in [-0.39, 0.29) is 0 Å². The fourth-order valence-corrected chi connectivity index (χ4v) is 2.42. The molecule has 0 aliphatic heterocycles. The lowest BCUT2D eigenvalue weighted by Gasteiger charge is -2.09. The summed E-state index contributed by atoms with van der Waals surface area (Å²) in [6.07, 6.45) is 0. The van der Waals surface area contributed by atoms with Crippen molar-refractivity contribution in [3.63, 3.8) is 0 Å². The predicted molar refractivity (Wildman–Crippen MR) is 73.3 cm³/mol. The largest absolute Gasteiger partial charge is 0.398 e. The Morgan fingerprint density at radius 3 is 2.73 bits per heavy atom. The van der Waals surface area contributed by atoms with Crippen molar-refractivity contribution in [1.29, 1.82) is 0 Å². The molecule has 2 N–H and O–H groups in total. The van der Waals surface area contributed by atoms with Gasteiger partial charge in [-0.3, -0.25) is 0 Å². The van der Waals surface area contributed by atoms with Gasteiger partial charge in [0, 0.05) is 28.2 Å². The van der Waals surface area contributed by atoms with Gasteiger partial charge in [0.25, 0.3) is 0 Å². The third-order valence-electron chi connectivity index (χ3n) is 2.01. The predicted octanol–water partition coefficient (Wildman–Crippen LogP) is 2.83. The first kappa shape index (κ1) is 12.9. The second-order valence-electron chi connectivity index (χ2n) is 3.71. The molecule has 0 aromatic heterocycles. The summed E-state index contributed by atoms with van der Waals surface area (Å²) in [5, 5.41) is 0. The average Bonchev–Trinajstić information content (AvgIpc) is 2.18. The first-order valence-corrected chi connectivity index (χ1v) is 6.80. The van der Waals surface area contributed by atoms with Crippen LogP contribution in [0.5, 0.6) is 0 Å². The van der Waals surface area contributed by atoms with Crippen LogP contribution in [0.25, 0.3) is 0 Å². The Bertz CT molecular complexity index is 315. The molecule has 0 radical (unpaired) electrons. The molecule has 1 aromatic carbocycles. The van der Waals surface area contributed by atoms with Crippen molar-refractivity contribution >= 4 is 33.4 Å². The van der Waals surface area contributed by atoms with Crippen molar-refractivity contribution < 1.29 is 0 Å². The normalized spacial score (nSPS) is 10.9. The van der Waals surface area contributed by atoms with E-state index in [4.69, 9.17) is 5.73 Å². The molecule has 0 saturated heterocycles. The number of nitrogens with two attached hydrogens (primary N) is 1. The Kier molecular flexibility index (Phi) is 5.50. The Hall–Kier alpha value is -0.190. The number of halogens is 1. The van der Waals surface area contributed by atoms with E-state index >= 15 is 0 Å². The summed E-state index contributed by atoms with van der Waals surface area (Å²) in [6.45, 7) is 1.12. The molecule has 0 fully saturated rings. The van der Waals surface area contributed by atoms with Crippen molar-refractivity contribution in [1.82, 2.24) is 4.90 Å². The molecule has 0 atom stereocenters. The maximum atomic E-state index is 5.81. The van der Waals surface area contributed by atoms with E-state index in [1.165, 1.54) is 5.56 Å². The van der Waals surface area contributed by atoms with Crippen LogP contribution in [0, 0.1) is 0 Å². The van der Waals surface area contributed by atoms with Crippen LogP contribution in [0.4, 0.5) is 5.69 Å². The van der Waals surface area contributed by atoms with Gasteiger partial charge in [-0.2, -0.15) is 11.8 Å². The molecule has 15 heavy (non-hydrogen) atoms. The second kappa shape index (κ2) is 6.40. The third-order valence-corrected chi connectivity index (χ3v) is 3.74. The number of hydrogen-bond acceptors (Lipinski definition) is 3. The number of thioether (sulfide) groups is 1. The molecule has 0 amide bonds. The molecule has 0 heterocycles. The minimum Gasteiger partial charge on any atom is -0.398 e. The van der Waals surface area contributed by atoms with Crippen LogP contribution in [0.1, 0.15) is 5.56 Å². The lowest BCUT2D eigenvalue weighted by Crippen LogP contribution is -2.14. The van der Waals surface area contributed by atoms with E-state index in [9.17, 15) is 0 Å². The van der Waals surface area contributed by atoms with Crippen molar-refractivity contribution in [3.8, 4) is 0 Å². The molecule has 0 spiro atoms. The van der Waals surface area contributed by atoms with Gasteiger partial charge in [-0.15, -0.1) is 0 Å². The van der Waals surface area contributed by atoms with Gasteiger partial charge < -0.3 is 10.6 Å². The van der Waals surface area contributed by atoms with Crippen molar-refractivity contribution in [2.45, 2.75) is 5.75 Å². The molecule has 0 aliphatic carbocycles. The van der Waals surface area contributed by atoms with Crippen molar-refractivity contribution in [2.75, 3.05) is 32.1 Å². The van der Waals surface area contributed by atoms with Gasteiger partial charge in [-0.25, -0.2) is 0 Å². The maximum absolute atomic E-state index is 5.81. The number of hydrogen-bond donors (Lipinski definition) is 1. The summed E-state index contributed by atoms with van der Waals surface area (Å²) in [4.78, 5) is 2.20.